The topological polar surface area (TPSA) is 60.2 Å². The highest BCUT2D eigenvalue weighted by Crippen LogP contribution is 2.23. The van der Waals surface area contributed by atoms with E-state index in [1.54, 1.807) is 31.2 Å². The summed E-state index contributed by atoms with van der Waals surface area (Å²) in [7, 11) is -3.35. The zero-order chi connectivity index (χ0) is 14.0. The van der Waals surface area contributed by atoms with Gasteiger partial charge in [0, 0.05) is 10.2 Å². The second-order valence-corrected chi connectivity index (χ2v) is 7.29. The second kappa shape index (κ2) is 5.35. The van der Waals surface area contributed by atoms with Crippen LogP contribution < -0.4 is 5.73 Å². The van der Waals surface area contributed by atoms with Gasteiger partial charge in [-0.1, -0.05) is 28.1 Å². The lowest BCUT2D eigenvalue weighted by atomic mass is 10.2. The van der Waals surface area contributed by atoms with Crippen LogP contribution in [0.3, 0.4) is 0 Å². The highest BCUT2D eigenvalue weighted by Gasteiger charge is 2.17. The van der Waals surface area contributed by atoms with E-state index in [2.05, 4.69) is 15.9 Å². The summed E-state index contributed by atoms with van der Waals surface area (Å²) in [5, 5.41) is 0. The van der Waals surface area contributed by atoms with Crippen LogP contribution >= 0.6 is 15.9 Å². The number of aryl methyl sites for hydroxylation is 1. The molecule has 2 N–H and O–H groups in total. The molecule has 0 heterocycles. The van der Waals surface area contributed by atoms with Crippen molar-refractivity contribution in [3.63, 3.8) is 0 Å². The number of nitrogen functional groups attached to an aromatic ring is 1. The molecule has 0 aliphatic heterocycles. The lowest BCUT2D eigenvalue weighted by molar-refractivity contribution is 0.594. The minimum Gasteiger partial charge on any atom is -0.399 e. The SMILES string of the molecule is Cc1cc(N)ccc1S(=O)(=O)Cc1cccc(Br)c1. The average Bonchev–Trinajstić information content (AvgIpc) is 2.27. The summed E-state index contributed by atoms with van der Waals surface area (Å²) in [4.78, 5) is 0.335. The minimum atomic E-state index is -3.35. The van der Waals surface area contributed by atoms with Gasteiger partial charge in [-0.05, 0) is 48.4 Å². The van der Waals surface area contributed by atoms with Gasteiger partial charge in [0.05, 0.1) is 10.6 Å². The van der Waals surface area contributed by atoms with Crippen molar-refractivity contribution in [1.82, 2.24) is 0 Å². The molecule has 100 valence electrons. The largest absolute Gasteiger partial charge is 0.399 e. The first-order valence-corrected chi connectivity index (χ1v) is 8.16. The quantitative estimate of drug-likeness (QED) is 0.872. The lowest BCUT2D eigenvalue weighted by Crippen LogP contribution is -2.07. The van der Waals surface area contributed by atoms with Gasteiger partial charge in [0.25, 0.3) is 0 Å². The Labute approximate surface area is 121 Å². The molecule has 2 rings (SSSR count). The zero-order valence-corrected chi connectivity index (χ0v) is 12.8. The first-order valence-electron chi connectivity index (χ1n) is 5.72. The van der Waals surface area contributed by atoms with E-state index in [9.17, 15) is 8.42 Å². The normalized spacial score (nSPS) is 11.5. The van der Waals surface area contributed by atoms with Crippen molar-refractivity contribution in [2.24, 2.45) is 0 Å². The van der Waals surface area contributed by atoms with Gasteiger partial charge in [-0.3, -0.25) is 0 Å². The van der Waals surface area contributed by atoms with Crippen molar-refractivity contribution in [3.8, 4) is 0 Å². The zero-order valence-electron chi connectivity index (χ0n) is 10.4. The predicted octanol–water partition coefficient (Wildman–Crippen LogP) is 3.31. The Bertz CT molecular complexity index is 711. The predicted molar refractivity (Wildman–Crippen MR) is 80.6 cm³/mol. The number of halogens is 1. The van der Waals surface area contributed by atoms with E-state index < -0.39 is 9.84 Å². The molecule has 0 spiro atoms. The summed E-state index contributed by atoms with van der Waals surface area (Å²) in [6.45, 7) is 1.75. The molecule has 5 heteroatoms. The Hall–Kier alpha value is -1.33. The number of sulfone groups is 1. The van der Waals surface area contributed by atoms with E-state index in [4.69, 9.17) is 5.73 Å². The molecular formula is C14H14BrNO2S. The third kappa shape index (κ3) is 3.36. The molecule has 0 bridgehead atoms. The summed E-state index contributed by atoms with van der Waals surface area (Å²) >= 11 is 3.34. The number of hydrogen-bond donors (Lipinski definition) is 1. The minimum absolute atomic E-state index is 0.0167. The van der Waals surface area contributed by atoms with Crippen molar-refractivity contribution < 1.29 is 8.42 Å². The van der Waals surface area contributed by atoms with E-state index >= 15 is 0 Å². The third-order valence-corrected chi connectivity index (χ3v) is 5.11. The molecule has 2 aromatic rings. The van der Waals surface area contributed by atoms with E-state index in [-0.39, 0.29) is 5.75 Å². The van der Waals surface area contributed by atoms with Crippen LogP contribution in [0, 0.1) is 6.92 Å². The monoisotopic (exact) mass is 339 g/mol. The lowest BCUT2D eigenvalue weighted by Gasteiger charge is -2.09. The molecule has 0 radical (unpaired) electrons. The van der Waals surface area contributed by atoms with Gasteiger partial charge in [-0.25, -0.2) is 8.42 Å². The van der Waals surface area contributed by atoms with Crippen LogP contribution in [0.4, 0.5) is 5.69 Å². The Balaban J connectivity index is 2.38. The van der Waals surface area contributed by atoms with E-state index in [0.717, 1.165) is 10.0 Å². The standard InChI is InChI=1S/C14H14BrNO2S/c1-10-7-13(16)5-6-14(10)19(17,18)9-11-3-2-4-12(15)8-11/h2-8H,9,16H2,1H3. The van der Waals surface area contributed by atoms with Crippen molar-refractivity contribution in [2.45, 2.75) is 17.6 Å². The van der Waals surface area contributed by atoms with Crippen LogP contribution in [-0.2, 0) is 15.6 Å². The van der Waals surface area contributed by atoms with Crippen molar-refractivity contribution in [3.05, 3.63) is 58.1 Å². The van der Waals surface area contributed by atoms with Crippen molar-refractivity contribution >= 4 is 31.5 Å². The third-order valence-electron chi connectivity index (χ3n) is 2.78. The maximum Gasteiger partial charge on any atom is 0.182 e. The maximum absolute atomic E-state index is 12.4. The number of rotatable bonds is 3. The fourth-order valence-electron chi connectivity index (χ4n) is 1.95. The molecule has 0 saturated heterocycles. The van der Waals surface area contributed by atoms with Gasteiger partial charge >= 0.3 is 0 Å². The number of anilines is 1. The summed E-state index contributed by atoms with van der Waals surface area (Å²) in [5.41, 5.74) is 7.64. The van der Waals surface area contributed by atoms with Gasteiger partial charge in [0.2, 0.25) is 0 Å². The Morgan fingerprint density at radius 2 is 1.89 bits per heavy atom. The molecule has 2 aromatic carbocycles. The fourth-order valence-corrected chi connectivity index (χ4v) is 3.99. The van der Waals surface area contributed by atoms with Crippen molar-refractivity contribution in [1.29, 1.82) is 0 Å². The maximum atomic E-state index is 12.4. The van der Waals surface area contributed by atoms with Crippen LogP contribution in [-0.4, -0.2) is 8.42 Å². The molecule has 3 nitrogen and oxygen atoms in total. The number of hydrogen-bond acceptors (Lipinski definition) is 3. The number of benzene rings is 2. The smallest absolute Gasteiger partial charge is 0.182 e. The van der Waals surface area contributed by atoms with Gasteiger partial charge < -0.3 is 5.73 Å². The fraction of sp³-hybridized carbons (Fsp3) is 0.143. The van der Waals surface area contributed by atoms with Gasteiger partial charge in [0.15, 0.2) is 9.84 Å². The van der Waals surface area contributed by atoms with Crippen LogP contribution in [0.2, 0.25) is 0 Å². The second-order valence-electron chi connectivity index (χ2n) is 4.41. The van der Waals surface area contributed by atoms with Crippen LogP contribution in [0.5, 0.6) is 0 Å². The van der Waals surface area contributed by atoms with E-state index in [1.807, 2.05) is 18.2 Å². The van der Waals surface area contributed by atoms with Crippen molar-refractivity contribution in [2.75, 3.05) is 5.73 Å². The highest BCUT2D eigenvalue weighted by atomic mass is 79.9. The molecular weight excluding hydrogens is 326 g/mol. The first-order chi connectivity index (χ1) is 8.88. The molecule has 0 aliphatic carbocycles. The highest BCUT2D eigenvalue weighted by molar-refractivity contribution is 9.10. The summed E-state index contributed by atoms with van der Waals surface area (Å²) in [6, 6.07) is 12.2. The average molecular weight is 340 g/mol. The molecule has 19 heavy (non-hydrogen) atoms. The molecule has 0 fully saturated rings. The first kappa shape index (κ1) is 14.1. The Kier molecular flexibility index (Phi) is 3.96. The Morgan fingerprint density at radius 3 is 2.53 bits per heavy atom. The molecule has 0 amide bonds. The van der Waals surface area contributed by atoms with Gasteiger partial charge in [-0.2, -0.15) is 0 Å². The van der Waals surface area contributed by atoms with E-state index in [0.29, 0.717) is 16.1 Å². The summed E-state index contributed by atoms with van der Waals surface area (Å²) < 4.78 is 25.6. The van der Waals surface area contributed by atoms with E-state index in [1.165, 1.54) is 0 Å². The molecule has 0 aliphatic rings. The van der Waals surface area contributed by atoms with Crippen LogP contribution in [0.15, 0.2) is 51.8 Å². The molecule has 0 atom stereocenters. The molecule has 0 unspecified atom stereocenters. The number of nitrogens with two attached hydrogens (primary N) is 1. The van der Waals surface area contributed by atoms with Crippen LogP contribution in [0.1, 0.15) is 11.1 Å². The van der Waals surface area contributed by atoms with Gasteiger partial charge in [0.1, 0.15) is 0 Å². The van der Waals surface area contributed by atoms with Gasteiger partial charge in [-0.15, -0.1) is 0 Å². The summed E-state index contributed by atoms with van der Waals surface area (Å²) in [6.07, 6.45) is 0. The summed E-state index contributed by atoms with van der Waals surface area (Å²) in [5.74, 6) is -0.0167. The molecule has 0 saturated carbocycles. The Morgan fingerprint density at radius 1 is 1.16 bits per heavy atom. The molecule has 0 aromatic heterocycles. The van der Waals surface area contributed by atoms with Crippen LogP contribution in [0.25, 0.3) is 0 Å².